The molecule has 184 valence electrons. The third kappa shape index (κ3) is 7.89. The maximum atomic E-state index is 11.8. The second kappa shape index (κ2) is 13.0. The van der Waals surface area contributed by atoms with Crippen molar-refractivity contribution in [2.75, 3.05) is 0 Å². The van der Waals surface area contributed by atoms with E-state index in [0.29, 0.717) is 16.7 Å². The number of halogens is 1. The molecule has 2 unspecified atom stereocenters. The molecule has 0 amide bonds. The van der Waals surface area contributed by atoms with Crippen molar-refractivity contribution in [3.05, 3.63) is 131 Å². The van der Waals surface area contributed by atoms with Gasteiger partial charge in [0, 0.05) is 5.56 Å². The largest absolute Gasteiger partial charge is 0.508 e. The van der Waals surface area contributed by atoms with Crippen LogP contribution in [0.3, 0.4) is 0 Å². The molecule has 0 spiro atoms. The number of phenols is 2. The van der Waals surface area contributed by atoms with Gasteiger partial charge in [-0.05, 0) is 61.0 Å². The van der Waals surface area contributed by atoms with Crippen LogP contribution in [0.5, 0.6) is 11.5 Å². The molecule has 0 aliphatic rings. The van der Waals surface area contributed by atoms with Crippen LogP contribution in [-0.2, 0) is 9.47 Å². The number of benzene rings is 4. The molecule has 0 aromatic heterocycles. The molecule has 2 atom stereocenters. The highest BCUT2D eigenvalue weighted by atomic mass is 35.5. The number of carbonyl (C=O) groups is 2. The van der Waals surface area contributed by atoms with Crippen LogP contribution >= 0.6 is 11.6 Å². The molecular weight excluding hydrogens is 480 g/mol. The third-order valence-electron chi connectivity index (χ3n) is 5.03. The smallest absolute Gasteiger partial charge is 0.339 e. The van der Waals surface area contributed by atoms with E-state index in [0.717, 1.165) is 5.56 Å². The number of hydrogen-bond acceptors (Lipinski definition) is 6. The summed E-state index contributed by atoms with van der Waals surface area (Å²) in [7, 11) is 0. The highest BCUT2D eigenvalue weighted by Gasteiger charge is 2.15. The van der Waals surface area contributed by atoms with E-state index in [4.69, 9.17) is 31.3 Å². The SMILES string of the molecule is CC(OC(=O)c1ccc(O)cc1)c1ccccc1.O=C(OC(Cl)c1ccccc1)c1ccc(O)cc1. The summed E-state index contributed by atoms with van der Waals surface area (Å²) >= 11 is 5.99. The number of alkyl halides is 1. The van der Waals surface area contributed by atoms with Crippen LogP contribution < -0.4 is 0 Å². The van der Waals surface area contributed by atoms with Gasteiger partial charge in [-0.3, -0.25) is 0 Å². The topological polar surface area (TPSA) is 93.1 Å². The first-order chi connectivity index (χ1) is 17.3. The predicted molar refractivity (Wildman–Crippen MR) is 137 cm³/mol. The summed E-state index contributed by atoms with van der Waals surface area (Å²) in [5.74, 6) is -0.704. The van der Waals surface area contributed by atoms with Crippen LogP contribution in [-0.4, -0.2) is 22.2 Å². The number of rotatable bonds is 6. The van der Waals surface area contributed by atoms with Crippen LogP contribution in [0.25, 0.3) is 0 Å². The average molecular weight is 505 g/mol. The first-order valence-electron chi connectivity index (χ1n) is 11.1. The molecule has 0 radical (unpaired) electrons. The number of phenolic OH excluding ortho intramolecular Hbond substituents is 2. The summed E-state index contributed by atoms with van der Waals surface area (Å²) in [6.07, 6.45) is -0.299. The summed E-state index contributed by atoms with van der Waals surface area (Å²) in [5.41, 5.74) is 1.60. The average Bonchev–Trinajstić information content (AvgIpc) is 2.90. The lowest BCUT2D eigenvalue weighted by Gasteiger charge is -2.13. The van der Waals surface area contributed by atoms with Gasteiger partial charge < -0.3 is 19.7 Å². The van der Waals surface area contributed by atoms with E-state index in [2.05, 4.69) is 0 Å². The Morgan fingerprint density at radius 3 is 1.44 bits per heavy atom. The van der Waals surface area contributed by atoms with Crippen molar-refractivity contribution in [2.45, 2.75) is 18.6 Å². The van der Waals surface area contributed by atoms with Gasteiger partial charge >= 0.3 is 11.9 Å². The van der Waals surface area contributed by atoms with Gasteiger partial charge in [-0.2, -0.15) is 0 Å². The van der Waals surface area contributed by atoms with Gasteiger partial charge in [-0.15, -0.1) is 0 Å². The molecule has 0 aliphatic carbocycles. The third-order valence-corrected chi connectivity index (χ3v) is 5.37. The summed E-state index contributed by atoms with van der Waals surface area (Å²) in [5, 5.41) is 18.3. The first-order valence-corrected chi connectivity index (χ1v) is 11.5. The van der Waals surface area contributed by atoms with Gasteiger partial charge in [0.15, 0.2) is 0 Å². The standard InChI is InChI=1S/C15H14O3.C14H11ClO3/c1-11(12-5-3-2-4-6-12)18-15(17)13-7-9-14(16)10-8-13;15-13(10-4-2-1-3-5-10)18-14(17)11-6-8-12(16)9-7-11/h2-11,16H,1H3;1-9,13,16H. The maximum absolute atomic E-state index is 11.8. The minimum atomic E-state index is -0.826. The fourth-order valence-corrected chi connectivity index (χ4v) is 3.28. The Morgan fingerprint density at radius 1 is 0.611 bits per heavy atom. The molecule has 6 nitrogen and oxygen atoms in total. The van der Waals surface area contributed by atoms with Gasteiger partial charge in [0.25, 0.3) is 0 Å². The van der Waals surface area contributed by atoms with Gasteiger partial charge in [0.2, 0.25) is 5.56 Å². The Bertz CT molecular complexity index is 1140. The van der Waals surface area contributed by atoms with Gasteiger partial charge in [-0.25, -0.2) is 9.59 Å². The van der Waals surface area contributed by atoms with E-state index in [9.17, 15) is 9.59 Å². The second-order valence-electron chi connectivity index (χ2n) is 7.68. The van der Waals surface area contributed by atoms with Crippen LogP contribution in [0.2, 0.25) is 0 Å². The molecule has 2 N–H and O–H groups in total. The van der Waals surface area contributed by atoms with Crippen molar-refractivity contribution in [2.24, 2.45) is 0 Å². The Morgan fingerprint density at radius 2 is 1.00 bits per heavy atom. The zero-order valence-electron chi connectivity index (χ0n) is 19.5. The van der Waals surface area contributed by atoms with Crippen LogP contribution in [0.4, 0.5) is 0 Å². The first kappa shape index (κ1) is 26.3. The van der Waals surface area contributed by atoms with Gasteiger partial charge in [0.1, 0.15) is 17.6 Å². The molecule has 0 heterocycles. The molecule has 0 saturated carbocycles. The van der Waals surface area contributed by atoms with Gasteiger partial charge in [0.05, 0.1) is 11.1 Å². The Labute approximate surface area is 214 Å². The lowest BCUT2D eigenvalue weighted by Crippen LogP contribution is -2.08. The summed E-state index contributed by atoms with van der Waals surface area (Å²) in [6, 6.07) is 30.4. The van der Waals surface area contributed by atoms with Crippen molar-refractivity contribution >= 4 is 23.5 Å². The Kier molecular flexibility index (Phi) is 9.48. The van der Waals surface area contributed by atoms with Crippen LogP contribution in [0, 0.1) is 0 Å². The quantitative estimate of drug-likeness (QED) is 0.221. The molecule has 4 aromatic rings. The molecule has 4 rings (SSSR count). The second-order valence-corrected chi connectivity index (χ2v) is 8.08. The molecule has 7 heteroatoms. The molecule has 4 aromatic carbocycles. The normalized spacial score (nSPS) is 11.8. The van der Waals surface area contributed by atoms with Crippen molar-refractivity contribution < 1.29 is 29.3 Å². The number of aromatic hydroxyl groups is 2. The van der Waals surface area contributed by atoms with Crippen molar-refractivity contribution in [1.29, 1.82) is 0 Å². The Hall–Kier alpha value is -4.29. The highest BCUT2D eigenvalue weighted by Crippen LogP contribution is 2.23. The summed E-state index contributed by atoms with van der Waals surface area (Å²) < 4.78 is 10.4. The number of esters is 2. The van der Waals surface area contributed by atoms with E-state index < -0.39 is 17.5 Å². The van der Waals surface area contributed by atoms with E-state index in [1.54, 1.807) is 12.1 Å². The zero-order chi connectivity index (χ0) is 25.9. The predicted octanol–water partition coefficient (Wildman–Crippen LogP) is 6.80. The van der Waals surface area contributed by atoms with Crippen molar-refractivity contribution in [3.8, 4) is 11.5 Å². The fourth-order valence-electron chi connectivity index (χ4n) is 3.05. The Balaban J connectivity index is 0.000000201. The van der Waals surface area contributed by atoms with E-state index >= 15 is 0 Å². The maximum Gasteiger partial charge on any atom is 0.339 e. The molecular formula is C29H25ClO6. The van der Waals surface area contributed by atoms with E-state index in [-0.39, 0.29) is 17.6 Å². The molecule has 0 saturated heterocycles. The van der Waals surface area contributed by atoms with Crippen LogP contribution in [0.1, 0.15) is 50.4 Å². The highest BCUT2D eigenvalue weighted by molar-refractivity contribution is 6.20. The summed E-state index contributed by atoms with van der Waals surface area (Å²) in [4.78, 5) is 23.6. The molecule has 0 aliphatic heterocycles. The summed E-state index contributed by atoms with van der Waals surface area (Å²) in [6.45, 7) is 1.83. The number of carbonyl (C=O) groups excluding carboxylic acids is 2. The minimum absolute atomic E-state index is 0.0945. The van der Waals surface area contributed by atoms with Crippen molar-refractivity contribution in [3.63, 3.8) is 0 Å². The molecule has 0 bridgehead atoms. The minimum Gasteiger partial charge on any atom is -0.508 e. The van der Waals surface area contributed by atoms with Gasteiger partial charge in [-0.1, -0.05) is 72.3 Å². The number of hydrogen-bond donors (Lipinski definition) is 2. The molecule has 36 heavy (non-hydrogen) atoms. The molecule has 0 fully saturated rings. The monoisotopic (exact) mass is 504 g/mol. The fraction of sp³-hybridized carbons (Fsp3) is 0.103. The van der Waals surface area contributed by atoms with E-state index in [1.165, 1.54) is 48.5 Å². The van der Waals surface area contributed by atoms with E-state index in [1.807, 2.05) is 55.5 Å². The van der Waals surface area contributed by atoms with Crippen molar-refractivity contribution in [1.82, 2.24) is 0 Å². The van der Waals surface area contributed by atoms with Crippen LogP contribution in [0.15, 0.2) is 109 Å². The lowest BCUT2D eigenvalue weighted by molar-refractivity contribution is 0.0337. The number of ether oxygens (including phenoxy) is 2. The zero-order valence-corrected chi connectivity index (χ0v) is 20.2. The lowest BCUT2D eigenvalue weighted by atomic mass is 10.1.